The van der Waals surface area contributed by atoms with E-state index in [0.717, 1.165) is 25.8 Å². The number of aryl methyl sites for hydroxylation is 1. The minimum atomic E-state index is -0.0645. The molecule has 16 heavy (non-hydrogen) atoms. The molecule has 1 aromatic heterocycles. The third-order valence-electron chi connectivity index (χ3n) is 2.79. The lowest BCUT2D eigenvalue weighted by molar-refractivity contribution is -0.127. The SMILES string of the molecule is C=CC(=O)N1CCCC1c1noc(CC)n1. The standard InChI is InChI=1S/C11H15N3O2/c1-3-9-12-11(13-16-9)8-6-5-7-14(8)10(15)4-2/h4,8H,2-3,5-7H2,1H3. The molecule has 5 nitrogen and oxygen atoms in total. The Kier molecular flexibility index (Phi) is 3.03. The molecule has 1 amide bonds. The zero-order chi connectivity index (χ0) is 11.5. The van der Waals surface area contributed by atoms with E-state index in [1.54, 1.807) is 4.90 Å². The fraction of sp³-hybridized carbons (Fsp3) is 0.545. The van der Waals surface area contributed by atoms with E-state index < -0.39 is 0 Å². The second-order valence-corrected chi connectivity index (χ2v) is 3.79. The van der Waals surface area contributed by atoms with Crippen molar-refractivity contribution in [3.63, 3.8) is 0 Å². The van der Waals surface area contributed by atoms with Gasteiger partial charge in [0.05, 0.1) is 6.04 Å². The minimum absolute atomic E-state index is 0.0467. The zero-order valence-corrected chi connectivity index (χ0v) is 9.35. The number of likely N-dealkylation sites (tertiary alicyclic amines) is 1. The topological polar surface area (TPSA) is 59.2 Å². The van der Waals surface area contributed by atoms with Gasteiger partial charge in [0.1, 0.15) is 0 Å². The molecular formula is C11H15N3O2. The van der Waals surface area contributed by atoms with Gasteiger partial charge in [-0.15, -0.1) is 0 Å². The van der Waals surface area contributed by atoms with Crippen molar-refractivity contribution in [3.05, 3.63) is 24.4 Å². The summed E-state index contributed by atoms with van der Waals surface area (Å²) >= 11 is 0. The van der Waals surface area contributed by atoms with Crippen LogP contribution in [0.25, 0.3) is 0 Å². The van der Waals surface area contributed by atoms with Gasteiger partial charge in [-0.3, -0.25) is 4.79 Å². The lowest BCUT2D eigenvalue weighted by Gasteiger charge is -2.20. The van der Waals surface area contributed by atoms with E-state index in [1.165, 1.54) is 6.08 Å². The molecule has 1 saturated heterocycles. The Balaban J connectivity index is 2.19. The van der Waals surface area contributed by atoms with E-state index in [-0.39, 0.29) is 11.9 Å². The Labute approximate surface area is 94.1 Å². The molecule has 0 spiro atoms. The minimum Gasteiger partial charge on any atom is -0.339 e. The molecule has 1 unspecified atom stereocenters. The quantitative estimate of drug-likeness (QED) is 0.725. The molecule has 0 aromatic carbocycles. The first-order chi connectivity index (χ1) is 7.76. The number of nitrogens with zero attached hydrogens (tertiary/aromatic N) is 3. The van der Waals surface area contributed by atoms with E-state index in [1.807, 2.05) is 6.92 Å². The highest BCUT2D eigenvalue weighted by molar-refractivity contribution is 5.87. The number of amides is 1. The van der Waals surface area contributed by atoms with Crippen molar-refractivity contribution >= 4 is 5.91 Å². The highest BCUT2D eigenvalue weighted by atomic mass is 16.5. The molecular weight excluding hydrogens is 206 g/mol. The van der Waals surface area contributed by atoms with Crippen LogP contribution in [0, 0.1) is 0 Å². The normalized spacial score (nSPS) is 20.1. The number of aromatic nitrogens is 2. The summed E-state index contributed by atoms with van der Waals surface area (Å²) in [7, 11) is 0. The second kappa shape index (κ2) is 4.47. The predicted molar refractivity (Wildman–Crippen MR) is 57.6 cm³/mol. The summed E-state index contributed by atoms with van der Waals surface area (Å²) in [6, 6.07) is -0.0467. The summed E-state index contributed by atoms with van der Waals surface area (Å²) in [5.41, 5.74) is 0. The van der Waals surface area contributed by atoms with E-state index in [9.17, 15) is 4.79 Å². The van der Waals surface area contributed by atoms with Gasteiger partial charge in [0.25, 0.3) is 0 Å². The fourth-order valence-electron chi connectivity index (χ4n) is 1.96. The van der Waals surface area contributed by atoms with Gasteiger partial charge in [0.15, 0.2) is 5.82 Å². The van der Waals surface area contributed by atoms with Crippen LogP contribution in [-0.4, -0.2) is 27.5 Å². The monoisotopic (exact) mass is 221 g/mol. The first-order valence-electron chi connectivity index (χ1n) is 5.51. The fourth-order valence-corrected chi connectivity index (χ4v) is 1.96. The zero-order valence-electron chi connectivity index (χ0n) is 9.35. The Morgan fingerprint density at radius 3 is 3.19 bits per heavy atom. The van der Waals surface area contributed by atoms with Crippen molar-refractivity contribution in [1.29, 1.82) is 0 Å². The van der Waals surface area contributed by atoms with Gasteiger partial charge in [-0.05, 0) is 18.9 Å². The van der Waals surface area contributed by atoms with Crippen LogP contribution in [0.15, 0.2) is 17.2 Å². The maximum Gasteiger partial charge on any atom is 0.246 e. The lowest BCUT2D eigenvalue weighted by atomic mass is 10.2. The molecule has 1 aromatic rings. The van der Waals surface area contributed by atoms with Crippen molar-refractivity contribution in [2.24, 2.45) is 0 Å². The maximum absolute atomic E-state index is 11.6. The highest BCUT2D eigenvalue weighted by Gasteiger charge is 2.31. The van der Waals surface area contributed by atoms with Gasteiger partial charge in [-0.2, -0.15) is 4.98 Å². The molecule has 0 saturated carbocycles. The van der Waals surface area contributed by atoms with Gasteiger partial charge < -0.3 is 9.42 Å². The number of carbonyl (C=O) groups excluding carboxylic acids is 1. The molecule has 0 N–H and O–H groups in total. The second-order valence-electron chi connectivity index (χ2n) is 3.79. The Morgan fingerprint density at radius 2 is 2.56 bits per heavy atom. The average Bonchev–Trinajstić information content (AvgIpc) is 2.95. The van der Waals surface area contributed by atoms with Gasteiger partial charge >= 0.3 is 0 Å². The van der Waals surface area contributed by atoms with Gasteiger partial charge in [-0.1, -0.05) is 18.7 Å². The lowest BCUT2D eigenvalue weighted by Crippen LogP contribution is -2.29. The van der Waals surface area contributed by atoms with Crippen molar-refractivity contribution in [2.45, 2.75) is 32.2 Å². The number of carbonyl (C=O) groups is 1. The van der Waals surface area contributed by atoms with Crippen molar-refractivity contribution in [3.8, 4) is 0 Å². The summed E-state index contributed by atoms with van der Waals surface area (Å²) in [5, 5.41) is 3.92. The van der Waals surface area contributed by atoms with Crippen LogP contribution in [0.3, 0.4) is 0 Å². The first-order valence-corrected chi connectivity index (χ1v) is 5.51. The molecule has 0 aliphatic carbocycles. The molecule has 1 aliphatic rings. The molecule has 1 fully saturated rings. The van der Waals surface area contributed by atoms with Crippen LogP contribution in [0.1, 0.15) is 37.5 Å². The third kappa shape index (κ3) is 1.85. The van der Waals surface area contributed by atoms with Crippen LogP contribution in [0.4, 0.5) is 0 Å². The van der Waals surface area contributed by atoms with E-state index in [4.69, 9.17) is 4.52 Å². The van der Waals surface area contributed by atoms with Crippen LogP contribution < -0.4 is 0 Å². The molecule has 86 valence electrons. The van der Waals surface area contributed by atoms with Gasteiger partial charge in [0.2, 0.25) is 11.8 Å². The molecule has 5 heteroatoms. The number of rotatable bonds is 3. The van der Waals surface area contributed by atoms with Gasteiger partial charge in [0, 0.05) is 13.0 Å². The van der Waals surface area contributed by atoms with E-state index >= 15 is 0 Å². The largest absolute Gasteiger partial charge is 0.339 e. The Hall–Kier alpha value is -1.65. The van der Waals surface area contributed by atoms with Crippen LogP contribution in [0.5, 0.6) is 0 Å². The summed E-state index contributed by atoms with van der Waals surface area (Å²) in [6.07, 6.45) is 3.91. The molecule has 1 atom stereocenters. The number of hydrogen-bond acceptors (Lipinski definition) is 4. The van der Waals surface area contributed by atoms with E-state index in [0.29, 0.717) is 11.7 Å². The Bertz CT molecular complexity index is 400. The van der Waals surface area contributed by atoms with Crippen LogP contribution >= 0.6 is 0 Å². The van der Waals surface area contributed by atoms with Crippen molar-refractivity contribution < 1.29 is 9.32 Å². The molecule has 2 rings (SSSR count). The molecule has 0 bridgehead atoms. The molecule has 0 radical (unpaired) electrons. The summed E-state index contributed by atoms with van der Waals surface area (Å²) < 4.78 is 5.06. The average molecular weight is 221 g/mol. The van der Waals surface area contributed by atoms with Crippen LogP contribution in [0.2, 0.25) is 0 Å². The smallest absolute Gasteiger partial charge is 0.246 e. The Morgan fingerprint density at radius 1 is 1.75 bits per heavy atom. The predicted octanol–water partition coefficient (Wildman–Crippen LogP) is 1.48. The third-order valence-corrected chi connectivity index (χ3v) is 2.79. The summed E-state index contributed by atoms with van der Waals surface area (Å²) in [4.78, 5) is 17.6. The van der Waals surface area contributed by atoms with Crippen molar-refractivity contribution in [2.75, 3.05) is 6.54 Å². The first kappa shape index (κ1) is 10.9. The molecule has 2 heterocycles. The van der Waals surface area contributed by atoms with E-state index in [2.05, 4.69) is 16.7 Å². The summed E-state index contributed by atoms with van der Waals surface area (Å²) in [6.45, 7) is 6.20. The van der Waals surface area contributed by atoms with Crippen LogP contribution in [-0.2, 0) is 11.2 Å². The maximum atomic E-state index is 11.6. The summed E-state index contributed by atoms with van der Waals surface area (Å²) in [5.74, 6) is 1.17. The van der Waals surface area contributed by atoms with Crippen molar-refractivity contribution in [1.82, 2.24) is 15.0 Å². The van der Waals surface area contributed by atoms with Gasteiger partial charge in [-0.25, -0.2) is 0 Å². The molecule has 1 aliphatic heterocycles. The highest BCUT2D eigenvalue weighted by Crippen LogP contribution is 2.30. The number of hydrogen-bond donors (Lipinski definition) is 0.